The van der Waals surface area contributed by atoms with Crippen LogP contribution in [0.3, 0.4) is 0 Å². The second-order valence-electron chi connectivity index (χ2n) is 3.10. The Morgan fingerprint density at radius 1 is 1.85 bits per heavy atom. The summed E-state index contributed by atoms with van der Waals surface area (Å²) >= 11 is 1.48. The molecule has 1 aliphatic rings. The van der Waals surface area contributed by atoms with Crippen LogP contribution in [-0.2, 0) is 4.74 Å². The molecule has 1 atom stereocenters. The smallest absolute Gasteiger partial charge is 0.261 e. The fraction of sp³-hybridized carbons (Fsp3) is 0.444. The second-order valence-corrected chi connectivity index (χ2v) is 4.01. The molecule has 13 heavy (non-hydrogen) atoms. The van der Waals surface area contributed by atoms with Crippen molar-refractivity contribution in [1.82, 2.24) is 5.32 Å². The maximum absolute atomic E-state index is 11.5. The molecule has 1 fully saturated rings. The molecule has 2 rings (SSSR count). The monoisotopic (exact) mass is 197 g/mol. The molecule has 70 valence electrons. The zero-order chi connectivity index (χ0) is 9.26. The van der Waals surface area contributed by atoms with Gasteiger partial charge in [0, 0.05) is 6.54 Å². The number of thiophene rings is 1. The molecule has 0 spiro atoms. The lowest BCUT2D eigenvalue weighted by molar-refractivity contribution is 0.0954. The zero-order valence-electron chi connectivity index (χ0n) is 7.37. The number of amides is 1. The van der Waals surface area contributed by atoms with E-state index in [9.17, 15) is 4.79 Å². The summed E-state index contributed by atoms with van der Waals surface area (Å²) in [5.41, 5.74) is 1.04. The van der Waals surface area contributed by atoms with Gasteiger partial charge in [-0.2, -0.15) is 0 Å². The van der Waals surface area contributed by atoms with E-state index in [2.05, 4.69) is 5.32 Å². The van der Waals surface area contributed by atoms with Crippen molar-refractivity contribution in [2.45, 2.75) is 13.0 Å². The van der Waals surface area contributed by atoms with Crippen LogP contribution in [0, 0.1) is 6.92 Å². The van der Waals surface area contributed by atoms with E-state index in [1.807, 2.05) is 18.4 Å². The van der Waals surface area contributed by atoms with Crippen molar-refractivity contribution >= 4 is 17.2 Å². The van der Waals surface area contributed by atoms with Gasteiger partial charge in [0.2, 0.25) is 0 Å². The molecule has 1 aromatic rings. The van der Waals surface area contributed by atoms with Gasteiger partial charge in [-0.1, -0.05) is 0 Å². The van der Waals surface area contributed by atoms with Gasteiger partial charge in [0.1, 0.15) is 0 Å². The molecule has 4 heteroatoms. The van der Waals surface area contributed by atoms with E-state index in [1.165, 1.54) is 11.3 Å². The van der Waals surface area contributed by atoms with Gasteiger partial charge < -0.3 is 10.1 Å². The first-order valence-corrected chi connectivity index (χ1v) is 5.09. The van der Waals surface area contributed by atoms with E-state index < -0.39 is 0 Å². The molecule has 3 nitrogen and oxygen atoms in total. The third-order valence-corrected chi connectivity index (χ3v) is 2.98. The molecule has 1 aromatic heterocycles. The Bertz CT molecular complexity index is 317. The summed E-state index contributed by atoms with van der Waals surface area (Å²) in [6, 6.07) is 1.95. The van der Waals surface area contributed by atoms with Crippen molar-refractivity contribution in [3.05, 3.63) is 21.9 Å². The average Bonchev–Trinajstić information content (AvgIpc) is 2.84. The van der Waals surface area contributed by atoms with Crippen LogP contribution in [0.15, 0.2) is 11.4 Å². The van der Waals surface area contributed by atoms with Crippen LogP contribution in [0.5, 0.6) is 0 Å². The van der Waals surface area contributed by atoms with Crippen LogP contribution >= 0.6 is 11.3 Å². The summed E-state index contributed by atoms with van der Waals surface area (Å²) in [4.78, 5) is 12.3. The van der Waals surface area contributed by atoms with E-state index in [-0.39, 0.29) is 12.0 Å². The van der Waals surface area contributed by atoms with Gasteiger partial charge in [0.15, 0.2) is 0 Å². The summed E-state index contributed by atoms with van der Waals surface area (Å²) in [6.07, 6.45) is 0.254. The fourth-order valence-corrected chi connectivity index (χ4v) is 1.92. The van der Waals surface area contributed by atoms with Crippen LogP contribution in [0.25, 0.3) is 0 Å². The van der Waals surface area contributed by atoms with Gasteiger partial charge in [-0.15, -0.1) is 11.3 Å². The SMILES string of the molecule is Cc1ccsc1C(=O)NC[C@H]1CO1. The second kappa shape index (κ2) is 3.47. The van der Waals surface area contributed by atoms with Crippen molar-refractivity contribution in [2.75, 3.05) is 13.2 Å². The van der Waals surface area contributed by atoms with Crippen LogP contribution in [0.4, 0.5) is 0 Å². The number of hydrogen-bond donors (Lipinski definition) is 1. The van der Waals surface area contributed by atoms with Gasteiger partial charge in [0.25, 0.3) is 5.91 Å². The topological polar surface area (TPSA) is 41.6 Å². The van der Waals surface area contributed by atoms with Crippen molar-refractivity contribution in [1.29, 1.82) is 0 Å². The maximum Gasteiger partial charge on any atom is 0.261 e. The number of nitrogens with one attached hydrogen (secondary N) is 1. The first-order valence-electron chi connectivity index (χ1n) is 4.21. The quantitative estimate of drug-likeness (QED) is 0.739. The highest BCUT2D eigenvalue weighted by Crippen LogP contribution is 2.15. The first kappa shape index (κ1) is 8.72. The summed E-state index contributed by atoms with van der Waals surface area (Å²) in [6.45, 7) is 3.36. The Kier molecular flexibility index (Phi) is 2.33. The molecule has 1 aliphatic heterocycles. The summed E-state index contributed by atoms with van der Waals surface area (Å²) in [5.74, 6) is 0.0167. The van der Waals surface area contributed by atoms with Crippen molar-refractivity contribution in [3.63, 3.8) is 0 Å². The van der Waals surface area contributed by atoms with Gasteiger partial charge in [-0.05, 0) is 23.9 Å². The summed E-state index contributed by atoms with van der Waals surface area (Å²) < 4.78 is 5.00. The molecular formula is C9H11NO2S. The molecule has 0 unspecified atom stereocenters. The molecule has 2 heterocycles. The van der Waals surface area contributed by atoms with Crippen molar-refractivity contribution in [3.8, 4) is 0 Å². The lowest BCUT2D eigenvalue weighted by atomic mass is 10.3. The van der Waals surface area contributed by atoms with Crippen LogP contribution in [-0.4, -0.2) is 25.2 Å². The van der Waals surface area contributed by atoms with E-state index >= 15 is 0 Å². The van der Waals surface area contributed by atoms with E-state index in [0.717, 1.165) is 17.0 Å². The number of carbonyl (C=O) groups is 1. The highest BCUT2D eigenvalue weighted by Gasteiger charge is 2.23. The average molecular weight is 197 g/mol. The van der Waals surface area contributed by atoms with Crippen LogP contribution < -0.4 is 5.32 Å². The summed E-state index contributed by atoms with van der Waals surface area (Å²) in [5, 5.41) is 4.76. The standard InChI is InChI=1S/C9H11NO2S/c1-6-2-3-13-8(6)9(11)10-4-7-5-12-7/h2-3,7H,4-5H2,1H3,(H,10,11)/t7-/m0/s1. The van der Waals surface area contributed by atoms with Crippen LogP contribution in [0.2, 0.25) is 0 Å². The zero-order valence-corrected chi connectivity index (χ0v) is 8.19. The molecule has 0 aliphatic carbocycles. The molecule has 0 radical (unpaired) electrons. The van der Waals surface area contributed by atoms with Crippen molar-refractivity contribution in [2.24, 2.45) is 0 Å². The molecule has 1 N–H and O–H groups in total. The number of carbonyl (C=O) groups excluding carboxylic acids is 1. The lowest BCUT2D eigenvalue weighted by Gasteiger charge is -2.00. The van der Waals surface area contributed by atoms with Crippen molar-refractivity contribution < 1.29 is 9.53 Å². The molecule has 0 bridgehead atoms. The van der Waals surface area contributed by atoms with E-state index in [4.69, 9.17) is 4.74 Å². The largest absolute Gasteiger partial charge is 0.371 e. The Balaban J connectivity index is 1.92. The number of aryl methyl sites for hydroxylation is 1. The fourth-order valence-electron chi connectivity index (χ4n) is 1.08. The van der Waals surface area contributed by atoms with Crippen LogP contribution in [0.1, 0.15) is 15.2 Å². The minimum atomic E-state index is 0.0167. The number of epoxide rings is 1. The van der Waals surface area contributed by atoms with E-state index in [0.29, 0.717) is 6.54 Å². The summed E-state index contributed by atoms with van der Waals surface area (Å²) in [7, 11) is 0. The number of ether oxygens (including phenoxy) is 1. The normalized spacial score (nSPS) is 19.9. The molecule has 1 amide bonds. The first-order chi connectivity index (χ1) is 6.27. The minimum Gasteiger partial charge on any atom is -0.371 e. The van der Waals surface area contributed by atoms with E-state index in [1.54, 1.807) is 0 Å². The Morgan fingerprint density at radius 2 is 2.62 bits per heavy atom. The highest BCUT2D eigenvalue weighted by molar-refractivity contribution is 7.12. The maximum atomic E-state index is 11.5. The van der Waals surface area contributed by atoms with Gasteiger partial charge >= 0.3 is 0 Å². The Morgan fingerprint density at radius 3 is 3.15 bits per heavy atom. The Hall–Kier alpha value is -0.870. The molecular weight excluding hydrogens is 186 g/mol. The predicted octanol–water partition coefficient (Wildman–Crippen LogP) is 1.19. The predicted molar refractivity (Wildman–Crippen MR) is 51.1 cm³/mol. The third-order valence-electron chi connectivity index (χ3n) is 1.96. The third kappa shape index (κ3) is 2.08. The minimum absolute atomic E-state index is 0.0167. The van der Waals surface area contributed by atoms with Gasteiger partial charge in [0.05, 0.1) is 17.6 Å². The lowest BCUT2D eigenvalue weighted by Crippen LogP contribution is -2.27. The number of hydrogen-bond acceptors (Lipinski definition) is 3. The molecule has 1 saturated heterocycles. The van der Waals surface area contributed by atoms with Gasteiger partial charge in [-0.3, -0.25) is 4.79 Å². The molecule has 0 aromatic carbocycles. The highest BCUT2D eigenvalue weighted by atomic mass is 32.1. The van der Waals surface area contributed by atoms with Gasteiger partial charge in [-0.25, -0.2) is 0 Å². The Labute approximate surface area is 80.7 Å². The molecule has 0 saturated carbocycles. The number of rotatable bonds is 3.